The monoisotopic (exact) mass is 272 g/mol. The molecular weight excluding hydrogens is 256 g/mol. The number of hydrogen-bond donors (Lipinski definition) is 1. The third-order valence-electron chi connectivity index (χ3n) is 3.78. The molecule has 1 aromatic heterocycles. The largest absolute Gasteiger partial charge is 0.478 e. The van der Waals surface area contributed by atoms with Crippen LogP contribution in [0.2, 0.25) is 0 Å². The number of aromatic nitrogens is 3. The van der Waals surface area contributed by atoms with Crippen LogP contribution in [0.25, 0.3) is 0 Å². The SMILES string of the molecule is CC1c2nncn2CCN1Cc1ccc(C(=O)O)cc1. The molecule has 0 aliphatic carbocycles. The van der Waals surface area contributed by atoms with E-state index in [2.05, 4.69) is 26.6 Å². The van der Waals surface area contributed by atoms with E-state index in [1.54, 1.807) is 18.5 Å². The van der Waals surface area contributed by atoms with Crippen LogP contribution < -0.4 is 0 Å². The van der Waals surface area contributed by atoms with Gasteiger partial charge in [0.1, 0.15) is 12.2 Å². The highest BCUT2D eigenvalue weighted by Crippen LogP contribution is 2.24. The summed E-state index contributed by atoms with van der Waals surface area (Å²) >= 11 is 0. The van der Waals surface area contributed by atoms with E-state index in [1.165, 1.54) is 0 Å². The van der Waals surface area contributed by atoms with E-state index < -0.39 is 5.97 Å². The Labute approximate surface area is 116 Å². The summed E-state index contributed by atoms with van der Waals surface area (Å²) in [6.45, 7) is 4.73. The first-order valence-electron chi connectivity index (χ1n) is 6.59. The van der Waals surface area contributed by atoms with Crippen molar-refractivity contribution in [2.45, 2.75) is 26.1 Å². The van der Waals surface area contributed by atoms with Gasteiger partial charge < -0.3 is 9.67 Å². The number of nitrogens with zero attached hydrogens (tertiary/aromatic N) is 4. The molecule has 2 aromatic rings. The smallest absolute Gasteiger partial charge is 0.335 e. The van der Waals surface area contributed by atoms with Crippen molar-refractivity contribution in [3.63, 3.8) is 0 Å². The lowest BCUT2D eigenvalue weighted by molar-refractivity contribution is 0.0697. The minimum absolute atomic E-state index is 0.213. The molecule has 0 saturated carbocycles. The lowest BCUT2D eigenvalue weighted by atomic mass is 10.1. The zero-order valence-corrected chi connectivity index (χ0v) is 11.2. The molecule has 1 unspecified atom stereocenters. The summed E-state index contributed by atoms with van der Waals surface area (Å²) in [7, 11) is 0. The molecule has 0 radical (unpaired) electrons. The molecule has 0 amide bonds. The summed E-state index contributed by atoms with van der Waals surface area (Å²) in [4.78, 5) is 13.2. The van der Waals surface area contributed by atoms with Crippen LogP contribution in [-0.4, -0.2) is 37.3 Å². The molecule has 1 N–H and O–H groups in total. The zero-order chi connectivity index (χ0) is 14.1. The Morgan fingerprint density at radius 3 is 2.80 bits per heavy atom. The highest BCUT2D eigenvalue weighted by molar-refractivity contribution is 5.87. The van der Waals surface area contributed by atoms with Crippen LogP contribution in [0.5, 0.6) is 0 Å². The first-order valence-corrected chi connectivity index (χ1v) is 6.59. The lowest BCUT2D eigenvalue weighted by Gasteiger charge is -2.33. The van der Waals surface area contributed by atoms with Gasteiger partial charge >= 0.3 is 5.97 Å². The summed E-state index contributed by atoms with van der Waals surface area (Å²) in [5, 5.41) is 17.0. The summed E-state index contributed by atoms with van der Waals surface area (Å²) in [6.07, 6.45) is 1.77. The van der Waals surface area contributed by atoms with Crippen molar-refractivity contribution in [2.75, 3.05) is 6.54 Å². The molecule has 1 aromatic carbocycles. The number of hydrogen-bond acceptors (Lipinski definition) is 4. The fourth-order valence-electron chi connectivity index (χ4n) is 2.56. The van der Waals surface area contributed by atoms with Gasteiger partial charge in [-0.1, -0.05) is 12.1 Å². The van der Waals surface area contributed by atoms with E-state index in [1.807, 2.05) is 12.1 Å². The number of rotatable bonds is 3. The average Bonchev–Trinajstić information content (AvgIpc) is 2.92. The third-order valence-corrected chi connectivity index (χ3v) is 3.78. The maximum Gasteiger partial charge on any atom is 0.335 e. The van der Waals surface area contributed by atoms with Crippen molar-refractivity contribution in [2.24, 2.45) is 0 Å². The van der Waals surface area contributed by atoms with Gasteiger partial charge in [0, 0.05) is 19.6 Å². The molecule has 1 aliphatic heterocycles. The van der Waals surface area contributed by atoms with Gasteiger partial charge in [-0.3, -0.25) is 4.90 Å². The van der Waals surface area contributed by atoms with Crippen molar-refractivity contribution in [3.05, 3.63) is 47.5 Å². The molecular formula is C14H16N4O2. The number of aromatic carboxylic acids is 1. The van der Waals surface area contributed by atoms with Crippen LogP contribution in [0, 0.1) is 0 Å². The van der Waals surface area contributed by atoms with E-state index >= 15 is 0 Å². The maximum absolute atomic E-state index is 10.8. The molecule has 2 heterocycles. The second kappa shape index (κ2) is 5.05. The number of carboxylic acid groups (broad SMARTS) is 1. The van der Waals surface area contributed by atoms with Gasteiger partial charge in [0.15, 0.2) is 0 Å². The number of benzene rings is 1. The highest BCUT2D eigenvalue weighted by atomic mass is 16.4. The molecule has 20 heavy (non-hydrogen) atoms. The Bertz CT molecular complexity index is 620. The molecule has 1 aliphatic rings. The molecule has 0 saturated heterocycles. The quantitative estimate of drug-likeness (QED) is 0.918. The minimum Gasteiger partial charge on any atom is -0.478 e. The van der Waals surface area contributed by atoms with E-state index in [0.717, 1.165) is 31.0 Å². The average molecular weight is 272 g/mol. The summed E-state index contributed by atoms with van der Waals surface area (Å²) in [5.41, 5.74) is 1.43. The number of carboxylic acids is 1. The normalized spacial score (nSPS) is 18.8. The summed E-state index contributed by atoms with van der Waals surface area (Å²) < 4.78 is 2.08. The molecule has 104 valence electrons. The van der Waals surface area contributed by atoms with E-state index in [4.69, 9.17) is 5.11 Å². The minimum atomic E-state index is -0.893. The Morgan fingerprint density at radius 2 is 2.10 bits per heavy atom. The van der Waals surface area contributed by atoms with Gasteiger partial charge in [0.25, 0.3) is 0 Å². The molecule has 1 atom stereocenters. The van der Waals surface area contributed by atoms with Gasteiger partial charge in [-0.15, -0.1) is 10.2 Å². The van der Waals surface area contributed by atoms with Crippen molar-refractivity contribution in [1.82, 2.24) is 19.7 Å². The summed E-state index contributed by atoms with van der Waals surface area (Å²) in [6, 6.07) is 7.25. The fourth-order valence-corrected chi connectivity index (χ4v) is 2.56. The van der Waals surface area contributed by atoms with Gasteiger partial charge in [-0.2, -0.15) is 0 Å². The topological polar surface area (TPSA) is 71.2 Å². The van der Waals surface area contributed by atoms with E-state index in [-0.39, 0.29) is 6.04 Å². The molecule has 3 rings (SSSR count). The van der Waals surface area contributed by atoms with Crippen molar-refractivity contribution in [1.29, 1.82) is 0 Å². The Kier molecular flexibility index (Phi) is 3.23. The lowest BCUT2D eigenvalue weighted by Crippen LogP contribution is -2.36. The van der Waals surface area contributed by atoms with Crippen LogP contribution in [0.15, 0.2) is 30.6 Å². The maximum atomic E-state index is 10.8. The Morgan fingerprint density at radius 1 is 1.35 bits per heavy atom. The predicted molar refractivity (Wildman–Crippen MR) is 72.2 cm³/mol. The Balaban J connectivity index is 1.74. The van der Waals surface area contributed by atoms with Crippen LogP contribution in [-0.2, 0) is 13.1 Å². The molecule has 0 fully saturated rings. The number of carbonyl (C=O) groups is 1. The van der Waals surface area contributed by atoms with E-state index in [9.17, 15) is 4.79 Å². The standard InChI is InChI=1S/C14H16N4O2/c1-10-13-16-15-9-18(13)7-6-17(10)8-11-2-4-12(5-3-11)14(19)20/h2-5,9-10H,6-8H2,1H3,(H,19,20). The van der Waals surface area contributed by atoms with Gasteiger partial charge in [-0.05, 0) is 24.6 Å². The first-order chi connectivity index (χ1) is 9.65. The molecule has 6 heteroatoms. The van der Waals surface area contributed by atoms with Crippen molar-refractivity contribution < 1.29 is 9.90 Å². The van der Waals surface area contributed by atoms with Gasteiger partial charge in [0.2, 0.25) is 0 Å². The third kappa shape index (κ3) is 2.30. The highest BCUT2D eigenvalue weighted by Gasteiger charge is 2.25. The Hall–Kier alpha value is -2.21. The van der Waals surface area contributed by atoms with Crippen LogP contribution in [0.1, 0.15) is 34.7 Å². The molecule has 0 bridgehead atoms. The first kappa shape index (κ1) is 12.8. The second-order valence-electron chi connectivity index (χ2n) is 5.03. The van der Waals surface area contributed by atoms with Crippen LogP contribution in [0.3, 0.4) is 0 Å². The molecule has 0 spiro atoms. The molecule has 6 nitrogen and oxygen atoms in total. The van der Waals surface area contributed by atoms with Gasteiger partial charge in [0.05, 0.1) is 11.6 Å². The van der Waals surface area contributed by atoms with Crippen molar-refractivity contribution in [3.8, 4) is 0 Å². The predicted octanol–water partition coefficient (Wildman–Crippen LogP) is 1.55. The number of fused-ring (bicyclic) bond motifs is 1. The second-order valence-corrected chi connectivity index (χ2v) is 5.03. The van der Waals surface area contributed by atoms with Crippen LogP contribution >= 0.6 is 0 Å². The summed E-state index contributed by atoms with van der Waals surface area (Å²) in [5.74, 6) is 0.0920. The van der Waals surface area contributed by atoms with Gasteiger partial charge in [-0.25, -0.2) is 4.79 Å². The van der Waals surface area contributed by atoms with Crippen LogP contribution in [0.4, 0.5) is 0 Å². The van der Waals surface area contributed by atoms with Crippen molar-refractivity contribution >= 4 is 5.97 Å². The zero-order valence-electron chi connectivity index (χ0n) is 11.2. The van der Waals surface area contributed by atoms with E-state index in [0.29, 0.717) is 5.56 Å². The fraction of sp³-hybridized carbons (Fsp3) is 0.357.